The summed E-state index contributed by atoms with van der Waals surface area (Å²) >= 11 is 0. The van der Waals surface area contributed by atoms with Crippen LogP contribution in [0.1, 0.15) is 24.0 Å². The molecule has 167 valence electrons. The van der Waals surface area contributed by atoms with Gasteiger partial charge in [0.15, 0.2) is 0 Å². The van der Waals surface area contributed by atoms with E-state index in [1.54, 1.807) is 30.4 Å². The topological polar surface area (TPSA) is 55.4 Å². The zero-order valence-corrected chi connectivity index (χ0v) is 17.8. The molecule has 0 fully saturated rings. The zero-order chi connectivity index (χ0) is 23.0. The minimum absolute atomic E-state index is 0.121. The summed E-state index contributed by atoms with van der Waals surface area (Å²) in [6, 6.07) is 20.8. The monoisotopic (exact) mass is 460 g/mol. The van der Waals surface area contributed by atoms with Gasteiger partial charge in [-0.1, -0.05) is 54.6 Å². The number of ether oxygens (including phenoxy) is 1. The third-order valence-corrected chi connectivity index (χ3v) is 5.79. The lowest BCUT2D eigenvalue weighted by Crippen LogP contribution is -2.17. The first kappa shape index (κ1) is 23.4. The first-order chi connectivity index (χ1) is 15.3. The van der Waals surface area contributed by atoms with Crippen LogP contribution in [0.4, 0.5) is 18.9 Å². The minimum Gasteiger partial charge on any atom is -0.493 e. The Balaban J connectivity index is 1.69. The normalized spacial score (nSPS) is 12.1. The first-order valence-electron chi connectivity index (χ1n) is 9.81. The molecule has 0 aromatic heterocycles. The number of rotatable bonds is 9. The van der Waals surface area contributed by atoms with E-state index in [0.717, 1.165) is 6.07 Å². The molecule has 32 heavy (non-hydrogen) atoms. The van der Waals surface area contributed by atoms with Gasteiger partial charge in [-0.2, -0.15) is 13.2 Å². The van der Waals surface area contributed by atoms with E-state index >= 15 is 0 Å². The predicted octanol–water partition coefficient (Wildman–Crippen LogP) is 6.18. The van der Waals surface area contributed by atoms with Crippen molar-refractivity contribution in [3.8, 4) is 5.75 Å². The van der Waals surface area contributed by atoms with E-state index in [4.69, 9.17) is 4.74 Å². The van der Waals surface area contributed by atoms with Crippen molar-refractivity contribution in [1.29, 1.82) is 0 Å². The summed E-state index contributed by atoms with van der Waals surface area (Å²) in [4.78, 5) is -0.121. The predicted molar refractivity (Wildman–Crippen MR) is 118 cm³/mol. The summed E-state index contributed by atoms with van der Waals surface area (Å²) in [5.41, 5.74) is -1.13. The largest absolute Gasteiger partial charge is 0.493 e. The summed E-state index contributed by atoms with van der Waals surface area (Å²) in [6.07, 6.45) is 0.0835. The van der Waals surface area contributed by atoms with Gasteiger partial charge in [0.1, 0.15) is 5.75 Å². The van der Waals surface area contributed by atoms with Crippen molar-refractivity contribution >= 4 is 21.8 Å². The number of sulfonamides is 1. The van der Waals surface area contributed by atoms with E-state index in [2.05, 4.69) is 10.8 Å². The van der Waals surface area contributed by atoms with Gasteiger partial charge in [-0.15, -0.1) is 0 Å². The highest BCUT2D eigenvalue weighted by Crippen LogP contribution is 2.36. The van der Waals surface area contributed by atoms with Crippen LogP contribution in [0.15, 0.2) is 83.8 Å². The molecule has 0 atom stereocenters. The number of alkyl halides is 3. The minimum atomic E-state index is -4.71. The molecule has 1 N–H and O–H groups in total. The lowest BCUT2D eigenvalue weighted by atomic mass is 10.1. The highest BCUT2D eigenvalue weighted by atomic mass is 32.2. The average Bonchev–Trinajstić information content (AvgIpc) is 2.76. The first-order valence-corrected chi connectivity index (χ1v) is 11.3. The molecule has 8 heteroatoms. The van der Waals surface area contributed by atoms with Gasteiger partial charge in [-0.25, -0.2) is 8.42 Å². The van der Waals surface area contributed by atoms with Crippen LogP contribution in [0.5, 0.6) is 5.75 Å². The maximum atomic E-state index is 13.4. The number of allylic oxidation sites excluding steroid dienone is 1. The van der Waals surface area contributed by atoms with Crippen molar-refractivity contribution in [2.75, 3.05) is 11.3 Å². The van der Waals surface area contributed by atoms with Gasteiger partial charge in [-0.3, -0.25) is 4.72 Å². The molecule has 0 aliphatic carbocycles. The van der Waals surface area contributed by atoms with Gasteiger partial charge in [0.2, 0.25) is 0 Å². The Labute approximate surface area is 185 Å². The van der Waals surface area contributed by atoms with Crippen molar-refractivity contribution in [2.45, 2.75) is 23.9 Å². The van der Waals surface area contributed by atoms with Crippen LogP contribution in [0.3, 0.4) is 0 Å². The van der Waals surface area contributed by atoms with Gasteiger partial charge in [0.05, 0.1) is 22.8 Å². The van der Waals surface area contributed by atoms with Crippen molar-refractivity contribution in [3.05, 3.63) is 96.1 Å². The maximum Gasteiger partial charge on any atom is 0.418 e. The van der Waals surface area contributed by atoms with Crippen LogP contribution in [-0.2, 0) is 16.2 Å². The van der Waals surface area contributed by atoms with Crippen molar-refractivity contribution in [3.63, 3.8) is 0 Å². The molecular formula is C24H21F3NO3S. The third kappa shape index (κ3) is 6.62. The van der Waals surface area contributed by atoms with Gasteiger partial charge < -0.3 is 4.74 Å². The van der Waals surface area contributed by atoms with Crippen LogP contribution in [0, 0.1) is 6.07 Å². The molecule has 0 saturated carbocycles. The van der Waals surface area contributed by atoms with Crippen molar-refractivity contribution in [1.82, 2.24) is 0 Å². The Morgan fingerprint density at radius 3 is 2.44 bits per heavy atom. The van der Waals surface area contributed by atoms with Crippen molar-refractivity contribution < 1.29 is 26.3 Å². The molecule has 0 aliphatic heterocycles. The zero-order valence-electron chi connectivity index (χ0n) is 17.0. The second-order valence-electron chi connectivity index (χ2n) is 6.84. The Hall–Kier alpha value is -3.26. The second-order valence-corrected chi connectivity index (χ2v) is 8.52. The Kier molecular flexibility index (Phi) is 7.58. The van der Waals surface area contributed by atoms with Crippen LogP contribution < -0.4 is 9.46 Å². The number of halogens is 3. The van der Waals surface area contributed by atoms with Gasteiger partial charge in [0.25, 0.3) is 10.0 Å². The molecule has 4 nitrogen and oxygen atoms in total. The van der Waals surface area contributed by atoms with Gasteiger partial charge >= 0.3 is 6.18 Å². The summed E-state index contributed by atoms with van der Waals surface area (Å²) in [7, 11) is -4.17. The summed E-state index contributed by atoms with van der Waals surface area (Å²) in [6.45, 7) is 0.472. The fourth-order valence-electron chi connectivity index (χ4n) is 2.87. The summed E-state index contributed by atoms with van der Waals surface area (Å²) in [5, 5.41) is 0. The van der Waals surface area contributed by atoms with Crippen molar-refractivity contribution in [2.24, 2.45) is 0 Å². The molecule has 0 amide bonds. The SMILES string of the molecule is O=S(=O)(Nc1cc(/C=C/CCCOc2[c]cccc2)ccc1C(F)(F)F)c1ccccc1. The molecule has 0 unspecified atom stereocenters. The lowest BCUT2D eigenvalue weighted by Gasteiger charge is -2.15. The number of para-hydroxylation sites is 1. The average molecular weight is 460 g/mol. The number of unbranched alkanes of at least 4 members (excludes halogenated alkanes) is 1. The number of nitrogens with one attached hydrogen (secondary N) is 1. The third-order valence-electron chi connectivity index (χ3n) is 4.41. The highest BCUT2D eigenvalue weighted by Gasteiger charge is 2.34. The Morgan fingerprint density at radius 1 is 1.00 bits per heavy atom. The van der Waals surface area contributed by atoms with Crippen LogP contribution in [0.2, 0.25) is 0 Å². The molecule has 0 bridgehead atoms. The molecule has 3 rings (SSSR count). The second kappa shape index (κ2) is 10.4. The van der Waals surface area contributed by atoms with E-state index in [1.165, 1.54) is 36.4 Å². The van der Waals surface area contributed by atoms with Gasteiger partial charge in [-0.05, 0) is 48.7 Å². The molecule has 0 spiro atoms. The highest BCUT2D eigenvalue weighted by molar-refractivity contribution is 7.92. The maximum absolute atomic E-state index is 13.4. The summed E-state index contributed by atoms with van der Waals surface area (Å²) < 4.78 is 72.9. The van der Waals surface area contributed by atoms with E-state index in [0.29, 0.717) is 30.8 Å². The molecule has 0 heterocycles. The standard InChI is InChI=1S/C24H21F3NO3S/c25-24(26,27)22-16-15-19(10-4-3-9-17-31-20-11-5-1-6-12-20)18-23(22)28-32(29,30)21-13-7-2-8-14-21/h1-2,4-8,10-11,13-16,18,28H,3,9,17H2/b10-4+. The Morgan fingerprint density at radius 2 is 1.75 bits per heavy atom. The van der Waals surface area contributed by atoms with E-state index in [-0.39, 0.29) is 4.90 Å². The number of benzene rings is 3. The van der Waals surface area contributed by atoms with Crippen LogP contribution in [0.25, 0.3) is 6.08 Å². The van der Waals surface area contributed by atoms with Gasteiger partial charge in [0, 0.05) is 6.07 Å². The van der Waals surface area contributed by atoms with E-state index in [9.17, 15) is 21.6 Å². The lowest BCUT2D eigenvalue weighted by molar-refractivity contribution is -0.136. The molecular weight excluding hydrogens is 439 g/mol. The van der Waals surface area contributed by atoms with E-state index < -0.39 is 27.5 Å². The molecule has 3 aromatic rings. The summed E-state index contributed by atoms with van der Waals surface area (Å²) in [5.74, 6) is 0.648. The Bertz CT molecular complexity index is 1150. The van der Waals surface area contributed by atoms with E-state index in [1.807, 2.05) is 12.1 Å². The number of anilines is 1. The van der Waals surface area contributed by atoms with Crippen LogP contribution >= 0.6 is 0 Å². The fourth-order valence-corrected chi connectivity index (χ4v) is 3.96. The molecule has 3 aromatic carbocycles. The quantitative estimate of drug-likeness (QED) is 0.388. The van der Waals surface area contributed by atoms with Crippen LogP contribution in [-0.4, -0.2) is 15.0 Å². The smallest absolute Gasteiger partial charge is 0.418 e. The molecule has 0 aliphatic rings. The molecule has 1 radical (unpaired) electrons. The number of hydrogen-bond acceptors (Lipinski definition) is 3. The molecule has 0 saturated heterocycles. The number of hydrogen-bond donors (Lipinski definition) is 1. The fraction of sp³-hybridized carbons (Fsp3) is 0.167.